The van der Waals surface area contributed by atoms with E-state index in [2.05, 4.69) is 26.0 Å². The summed E-state index contributed by atoms with van der Waals surface area (Å²) in [6.45, 7) is 5.55. The average Bonchev–Trinajstić information content (AvgIpc) is 2.53. The van der Waals surface area contributed by atoms with E-state index in [4.69, 9.17) is 4.74 Å². The number of carbonyl (C=O) groups is 1. The quantitative estimate of drug-likeness (QED) is 0.799. The maximum Gasteiger partial charge on any atom is 0.310 e. The van der Waals surface area contributed by atoms with Gasteiger partial charge in [-0.15, -0.1) is 5.10 Å². The van der Waals surface area contributed by atoms with Crippen LogP contribution in [-0.2, 0) is 16.0 Å². The first-order chi connectivity index (χ1) is 8.33. The van der Waals surface area contributed by atoms with Crippen molar-refractivity contribution in [3.63, 3.8) is 0 Å². The van der Waals surface area contributed by atoms with Gasteiger partial charge in [-0.05, 0) is 54.4 Å². The van der Waals surface area contributed by atoms with E-state index in [1.165, 1.54) is 0 Å². The lowest BCUT2D eigenvalue weighted by Gasteiger charge is -2.19. The molecular formula is C12H14BrN3O2. The number of pyridine rings is 1. The molecule has 0 atom stereocenters. The Morgan fingerprint density at radius 2 is 2.22 bits per heavy atom. The van der Waals surface area contributed by atoms with Crippen LogP contribution < -0.4 is 0 Å². The van der Waals surface area contributed by atoms with E-state index in [-0.39, 0.29) is 12.4 Å². The highest BCUT2D eigenvalue weighted by Gasteiger charge is 2.16. The van der Waals surface area contributed by atoms with Crippen LogP contribution in [0.25, 0.3) is 5.65 Å². The summed E-state index contributed by atoms with van der Waals surface area (Å²) in [6, 6.07) is 3.65. The highest BCUT2D eigenvalue weighted by atomic mass is 79.9. The molecule has 0 aliphatic carbocycles. The molecule has 0 fully saturated rings. The number of hydrogen-bond acceptors (Lipinski definition) is 4. The zero-order valence-corrected chi connectivity index (χ0v) is 12.1. The molecule has 0 saturated carbocycles. The van der Waals surface area contributed by atoms with Crippen molar-refractivity contribution in [3.05, 3.63) is 28.6 Å². The Morgan fingerprint density at radius 3 is 2.89 bits per heavy atom. The normalized spacial score (nSPS) is 11.8. The van der Waals surface area contributed by atoms with Crippen LogP contribution in [-0.4, -0.2) is 26.2 Å². The third kappa shape index (κ3) is 3.29. The van der Waals surface area contributed by atoms with Gasteiger partial charge in [-0.2, -0.15) is 0 Å². The fourth-order valence-corrected chi connectivity index (χ4v) is 1.90. The van der Waals surface area contributed by atoms with Crippen molar-refractivity contribution >= 4 is 27.5 Å². The molecule has 5 nitrogen and oxygen atoms in total. The van der Waals surface area contributed by atoms with E-state index in [1.807, 2.05) is 32.9 Å². The summed E-state index contributed by atoms with van der Waals surface area (Å²) in [6.07, 6.45) is 2.01. The van der Waals surface area contributed by atoms with Gasteiger partial charge in [0.15, 0.2) is 5.65 Å². The van der Waals surface area contributed by atoms with Crippen molar-refractivity contribution < 1.29 is 9.53 Å². The standard InChI is InChI=1S/C12H14BrN3O2/c1-12(2,3)18-10(17)7-8-4-5-16-9(6-8)14-11(13)15-16/h4-6H,7H2,1-3H3. The zero-order valence-electron chi connectivity index (χ0n) is 10.5. The molecule has 0 aromatic carbocycles. The van der Waals surface area contributed by atoms with Gasteiger partial charge >= 0.3 is 5.97 Å². The molecule has 0 radical (unpaired) electrons. The minimum Gasteiger partial charge on any atom is -0.460 e. The molecule has 2 aromatic rings. The van der Waals surface area contributed by atoms with Gasteiger partial charge in [0.05, 0.1) is 6.42 Å². The van der Waals surface area contributed by atoms with Gasteiger partial charge in [0.25, 0.3) is 0 Å². The van der Waals surface area contributed by atoms with Crippen molar-refractivity contribution in [1.82, 2.24) is 14.6 Å². The van der Waals surface area contributed by atoms with Gasteiger partial charge in [-0.1, -0.05) is 0 Å². The molecule has 2 rings (SSSR count). The minimum atomic E-state index is -0.459. The maximum absolute atomic E-state index is 11.7. The lowest BCUT2D eigenvalue weighted by atomic mass is 10.1. The Morgan fingerprint density at radius 1 is 1.50 bits per heavy atom. The van der Waals surface area contributed by atoms with E-state index in [9.17, 15) is 4.79 Å². The Hall–Kier alpha value is -1.43. The van der Waals surface area contributed by atoms with Gasteiger partial charge in [-0.25, -0.2) is 9.50 Å². The maximum atomic E-state index is 11.7. The first kappa shape index (κ1) is 13.0. The number of halogens is 1. The summed E-state index contributed by atoms with van der Waals surface area (Å²) in [4.78, 5) is 15.9. The van der Waals surface area contributed by atoms with Crippen molar-refractivity contribution in [1.29, 1.82) is 0 Å². The van der Waals surface area contributed by atoms with E-state index >= 15 is 0 Å². The van der Waals surface area contributed by atoms with E-state index < -0.39 is 5.60 Å². The van der Waals surface area contributed by atoms with Gasteiger partial charge < -0.3 is 4.74 Å². The molecule has 6 heteroatoms. The predicted molar refractivity (Wildman–Crippen MR) is 70.2 cm³/mol. The smallest absolute Gasteiger partial charge is 0.310 e. The van der Waals surface area contributed by atoms with Gasteiger partial charge in [0.2, 0.25) is 4.73 Å². The van der Waals surface area contributed by atoms with Crippen molar-refractivity contribution in [2.24, 2.45) is 0 Å². The van der Waals surface area contributed by atoms with Crippen LogP contribution in [0.1, 0.15) is 26.3 Å². The first-order valence-corrected chi connectivity index (χ1v) is 6.35. The lowest BCUT2D eigenvalue weighted by Crippen LogP contribution is -2.24. The van der Waals surface area contributed by atoms with E-state index in [0.717, 1.165) is 5.56 Å². The Labute approximate surface area is 113 Å². The highest BCUT2D eigenvalue weighted by molar-refractivity contribution is 9.10. The molecule has 0 N–H and O–H groups in total. The Bertz CT molecular complexity index is 587. The molecule has 0 aliphatic heterocycles. The number of rotatable bonds is 2. The van der Waals surface area contributed by atoms with Gasteiger partial charge in [0, 0.05) is 6.20 Å². The molecular weight excluding hydrogens is 298 g/mol. The molecule has 0 amide bonds. The van der Waals surface area contributed by atoms with E-state index in [0.29, 0.717) is 10.4 Å². The summed E-state index contributed by atoms with van der Waals surface area (Å²) in [5.41, 5.74) is 1.10. The molecule has 0 spiro atoms. The summed E-state index contributed by atoms with van der Waals surface area (Å²) < 4.78 is 7.43. The largest absolute Gasteiger partial charge is 0.460 e. The summed E-state index contributed by atoms with van der Waals surface area (Å²) in [7, 11) is 0. The molecule has 0 saturated heterocycles. The van der Waals surface area contributed by atoms with Gasteiger partial charge in [0.1, 0.15) is 5.60 Å². The molecule has 2 heterocycles. The Kier molecular flexibility index (Phi) is 3.38. The number of esters is 1. The molecule has 0 aliphatic rings. The second kappa shape index (κ2) is 4.68. The number of aromatic nitrogens is 3. The topological polar surface area (TPSA) is 56.5 Å². The fourth-order valence-electron chi connectivity index (χ4n) is 1.55. The van der Waals surface area contributed by atoms with Crippen LogP contribution in [0.5, 0.6) is 0 Å². The molecule has 0 bridgehead atoms. The summed E-state index contributed by atoms with van der Waals surface area (Å²) >= 11 is 3.21. The second-order valence-corrected chi connectivity index (χ2v) is 5.69. The van der Waals surface area contributed by atoms with Crippen molar-refractivity contribution in [3.8, 4) is 0 Å². The molecule has 2 aromatic heterocycles. The monoisotopic (exact) mass is 311 g/mol. The number of nitrogens with zero attached hydrogens (tertiary/aromatic N) is 3. The summed E-state index contributed by atoms with van der Waals surface area (Å²) in [5, 5.41) is 4.10. The Balaban J connectivity index is 2.14. The molecule has 0 unspecified atom stereocenters. The fraction of sp³-hybridized carbons (Fsp3) is 0.417. The highest BCUT2D eigenvalue weighted by Crippen LogP contribution is 2.12. The van der Waals surface area contributed by atoms with Gasteiger partial charge in [-0.3, -0.25) is 4.79 Å². The van der Waals surface area contributed by atoms with E-state index in [1.54, 1.807) is 10.7 Å². The third-order valence-corrected chi connectivity index (χ3v) is 2.48. The number of fused-ring (bicyclic) bond motifs is 1. The summed E-state index contributed by atoms with van der Waals surface area (Å²) in [5.74, 6) is -0.245. The molecule has 96 valence electrons. The first-order valence-electron chi connectivity index (χ1n) is 5.56. The number of carbonyl (C=O) groups excluding carboxylic acids is 1. The zero-order chi connectivity index (χ0) is 13.3. The molecule has 18 heavy (non-hydrogen) atoms. The van der Waals surface area contributed by atoms with Crippen LogP contribution >= 0.6 is 15.9 Å². The van der Waals surface area contributed by atoms with Crippen LogP contribution in [0.2, 0.25) is 0 Å². The van der Waals surface area contributed by atoms with Crippen LogP contribution in [0, 0.1) is 0 Å². The van der Waals surface area contributed by atoms with Crippen LogP contribution in [0.4, 0.5) is 0 Å². The minimum absolute atomic E-state index is 0.234. The lowest BCUT2D eigenvalue weighted by molar-refractivity contribution is -0.153. The van der Waals surface area contributed by atoms with Crippen molar-refractivity contribution in [2.75, 3.05) is 0 Å². The average molecular weight is 312 g/mol. The SMILES string of the molecule is CC(C)(C)OC(=O)Cc1ccn2nc(Br)nc2c1. The second-order valence-electron chi connectivity index (χ2n) is 4.98. The predicted octanol–water partition coefficient (Wildman–Crippen LogP) is 2.38. The van der Waals surface area contributed by atoms with Crippen molar-refractivity contribution in [2.45, 2.75) is 32.8 Å². The number of ether oxygens (including phenoxy) is 1. The van der Waals surface area contributed by atoms with Crippen LogP contribution in [0.15, 0.2) is 23.1 Å². The van der Waals surface area contributed by atoms with Crippen LogP contribution in [0.3, 0.4) is 0 Å². The third-order valence-electron chi connectivity index (χ3n) is 2.14. The number of hydrogen-bond donors (Lipinski definition) is 0.